The van der Waals surface area contributed by atoms with E-state index in [0.29, 0.717) is 0 Å². The van der Waals surface area contributed by atoms with Crippen LogP contribution < -0.4 is 0 Å². The minimum atomic E-state index is -0.387. The van der Waals surface area contributed by atoms with Gasteiger partial charge in [0.25, 0.3) is 0 Å². The maximum atomic E-state index is 2.53. The van der Waals surface area contributed by atoms with Gasteiger partial charge < -0.3 is 0 Å². The average molecular weight is 355 g/mol. The maximum absolute atomic E-state index is 2.53. The first-order chi connectivity index (χ1) is 5.67. The van der Waals surface area contributed by atoms with E-state index in [-0.39, 0.29) is 24.6 Å². The van der Waals surface area contributed by atoms with Crippen molar-refractivity contribution in [1.82, 2.24) is 0 Å². The summed E-state index contributed by atoms with van der Waals surface area (Å²) in [6.07, 6.45) is 7.58. The van der Waals surface area contributed by atoms with Crippen LogP contribution in [0.3, 0.4) is 0 Å². The van der Waals surface area contributed by atoms with E-state index < -0.39 is 0 Å². The summed E-state index contributed by atoms with van der Waals surface area (Å²) in [6.45, 7) is 5.04. The molecule has 1 aliphatic rings. The summed E-state index contributed by atoms with van der Waals surface area (Å²) in [6, 6.07) is 0. The summed E-state index contributed by atoms with van der Waals surface area (Å²) in [7, 11) is 0. The van der Waals surface area contributed by atoms with Gasteiger partial charge in [0.05, 0.1) is 0 Å². The molecule has 0 N–H and O–H groups in total. The van der Waals surface area contributed by atoms with E-state index in [9.17, 15) is 0 Å². The first-order valence-electron chi connectivity index (χ1n) is 5.67. The number of rotatable bonds is 3. The Balaban J connectivity index is 2.41. The molecule has 0 amide bonds. The summed E-state index contributed by atoms with van der Waals surface area (Å²) >= 11 is -0.387. The van der Waals surface area contributed by atoms with Crippen LogP contribution in [0.1, 0.15) is 46.0 Å². The molecule has 0 atom stereocenters. The summed E-state index contributed by atoms with van der Waals surface area (Å²) in [5.41, 5.74) is 0.719. The van der Waals surface area contributed by atoms with Crippen LogP contribution in [-0.4, -0.2) is 0 Å². The molecule has 0 bridgehead atoms. The van der Waals surface area contributed by atoms with E-state index in [2.05, 4.69) is 18.3 Å². The molecule has 0 aromatic rings. The van der Waals surface area contributed by atoms with Gasteiger partial charge >= 0.3 is 90.2 Å². The second-order valence-electron chi connectivity index (χ2n) is 5.07. The van der Waals surface area contributed by atoms with Crippen molar-refractivity contribution in [2.45, 2.75) is 54.3 Å². The monoisotopic (exact) mass is 356 g/mol. The predicted molar refractivity (Wildman–Crippen MR) is 51.0 cm³/mol. The topological polar surface area (TPSA) is 0 Å². The Morgan fingerprint density at radius 3 is 2.25 bits per heavy atom. The fourth-order valence-electron chi connectivity index (χ4n) is 2.73. The molecule has 0 aromatic carbocycles. The molecule has 0 heterocycles. The molecule has 0 spiro atoms. The van der Waals surface area contributed by atoms with Gasteiger partial charge in [-0.25, -0.2) is 0 Å². The fraction of sp³-hybridized carbons (Fsp3) is 1.00. The Morgan fingerprint density at radius 2 is 1.75 bits per heavy atom. The molecular weight excluding hydrogens is 333 g/mol. The van der Waals surface area contributed by atoms with E-state index in [1.165, 1.54) is 32.1 Å². The molecule has 0 unspecified atom stereocenters. The summed E-state index contributed by atoms with van der Waals surface area (Å²) < 4.78 is 4.17. The van der Waals surface area contributed by atoms with Gasteiger partial charge in [-0.05, 0) is 0 Å². The van der Waals surface area contributed by atoms with Gasteiger partial charge in [-0.3, -0.25) is 0 Å². The van der Waals surface area contributed by atoms with Crippen molar-refractivity contribution < 1.29 is 24.6 Å². The van der Waals surface area contributed by atoms with Gasteiger partial charge in [-0.15, -0.1) is 0 Å². The van der Waals surface area contributed by atoms with Gasteiger partial charge in [-0.1, -0.05) is 0 Å². The van der Waals surface area contributed by atoms with Gasteiger partial charge in [-0.2, -0.15) is 0 Å². The molecule has 12 heavy (non-hydrogen) atoms. The van der Waals surface area contributed by atoms with Gasteiger partial charge in [0.1, 0.15) is 0 Å². The Bertz CT molecular complexity index is 123. The van der Waals surface area contributed by atoms with Gasteiger partial charge in [0.15, 0.2) is 0 Å². The predicted octanol–water partition coefficient (Wildman–Crippen LogP) is 4.14. The number of hydrogen-bond donors (Lipinski definition) is 0. The van der Waals surface area contributed by atoms with E-state index in [0.717, 1.165) is 11.3 Å². The number of hydrogen-bond acceptors (Lipinski definition) is 0. The molecule has 1 aliphatic carbocycles. The SMILES string of the molecule is [CH3][Hg][CH2]C(C)(C)C1CCCCC1. The molecule has 68 valence electrons. The van der Waals surface area contributed by atoms with Crippen LogP contribution in [0.25, 0.3) is 0 Å². The summed E-state index contributed by atoms with van der Waals surface area (Å²) in [4.78, 5) is 0. The van der Waals surface area contributed by atoms with Crippen molar-refractivity contribution in [2.75, 3.05) is 0 Å². The Labute approximate surface area is 89.9 Å². The van der Waals surface area contributed by atoms with Crippen LogP contribution in [0, 0.1) is 11.3 Å². The first-order valence-corrected chi connectivity index (χ1v) is 15.1. The summed E-state index contributed by atoms with van der Waals surface area (Å²) in [5, 5.41) is 0. The molecule has 0 aromatic heterocycles. The Kier molecular flexibility index (Phi) is 4.57. The van der Waals surface area contributed by atoms with Crippen molar-refractivity contribution >= 4 is 0 Å². The molecule has 1 heteroatoms. The normalized spacial score (nSPS) is 20.6. The van der Waals surface area contributed by atoms with Crippen molar-refractivity contribution in [3.63, 3.8) is 0 Å². The molecular formula is C11H22Hg. The van der Waals surface area contributed by atoms with E-state index in [1.54, 1.807) is 3.93 Å². The van der Waals surface area contributed by atoms with E-state index >= 15 is 0 Å². The van der Waals surface area contributed by atoms with Crippen LogP contribution in [0.5, 0.6) is 0 Å². The second-order valence-corrected chi connectivity index (χ2v) is 10.9. The van der Waals surface area contributed by atoms with Crippen molar-refractivity contribution in [3.8, 4) is 0 Å². The summed E-state index contributed by atoms with van der Waals surface area (Å²) in [5.74, 6) is 1.08. The fourth-order valence-corrected chi connectivity index (χ4v) is 9.33. The molecule has 0 saturated heterocycles. The zero-order valence-corrected chi connectivity index (χ0v) is 14.5. The van der Waals surface area contributed by atoms with Crippen molar-refractivity contribution in [3.05, 3.63) is 0 Å². The standard InChI is InChI=1S/C10H19.CH3.Hg/c1-10(2,3)9-7-5-4-6-8-9;;/h9H,1,4-8H2,2-3H3;1H3;. The molecule has 1 rings (SSSR count). The molecule has 0 radical (unpaired) electrons. The molecule has 1 fully saturated rings. The third kappa shape index (κ3) is 3.01. The van der Waals surface area contributed by atoms with Gasteiger partial charge in [0.2, 0.25) is 0 Å². The zero-order chi connectivity index (χ0) is 9.03. The molecule has 0 aliphatic heterocycles. The third-order valence-electron chi connectivity index (χ3n) is 3.60. The first kappa shape index (κ1) is 11.0. The Hall–Kier alpha value is 0.935. The van der Waals surface area contributed by atoms with E-state index in [4.69, 9.17) is 0 Å². The molecule has 1 saturated carbocycles. The van der Waals surface area contributed by atoms with Crippen LogP contribution in [-0.2, 0) is 24.6 Å². The molecule has 0 nitrogen and oxygen atoms in total. The van der Waals surface area contributed by atoms with Crippen LogP contribution in [0.15, 0.2) is 0 Å². The van der Waals surface area contributed by atoms with Crippen LogP contribution >= 0.6 is 0 Å². The van der Waals surface area contributed by atoms with Crippen molar-refractivity contribution in [2.24, 2.45) is 11.3 Å². The van der Waals surface area contributed by atoms with E-state index in [1.807, 2.05) is 0 Å². The Morgan fingerprint density at radius 1 is 1.17 bits per heavy atom. The zero-order valence-electron chi connectivity index (χ0n) is 9.03. The van der Waals surface area contributed by atoms with Crippen molar-refractivity contribution in [1.29, 1.82) is 0 Å². The minimum absolute atomic E-state index is 0.387. The average Bonchev–Trinajstić information content (AvgIpc) is 2.06. The van der Waals surface area contributed by atoms with Crippen LogP contribution in [0.4, 0.5) is 0 Å². The second kappa shape index (κ2) is 4.98. The van der Waals surface area contributed by atoms with Crippen LogP contribution in [0.2, 0.25) is 8.36 Å². The third-order valence-corrected chi connectivity index (χ3v) is 10.6. The quantitative estimate of drug-likeness (QED) is 0.668. The van der Waals surface area contributed by atoms with Gasteiger partial charge in [0, 0.05) is 0 Å².